The number of rotatable bonds is 8. The molecule has 1 N–H and O–H groups in total. The Labute approximate surface area is 156 Å². The van der Waals surface area contributed by atoms with Gasteiger partial charge in [0.15, 0.2) is 0 Å². The topological polar surface area (TPSA) is 124 Å². The van der Waals surface area contributed by atoms with E-state index in [0.29, 0.717) is 17.1 Å². The van der Waals surface area contributed by atoms with Crippen LogP contribution in [-0.2, 0) is 13.6 Å². The van der Waals surface area contributed by atoms with Crippen molar-refractivity contribution in [2.75, 3.05) is 19.1 Å². The third-order valence-electron chi connectivity index (χ3n) is 3.42. The Morgan fingerprint density at radius 1 is 1.22 bits per heavy atom. The number of hydrogen-bond acceptors (Lipinski definition) is 8. The third-order valence-corrected chi connectivity index (χ3v) is 4.79. The minimum absolute atomic E-state index is 0.134. The maximum Gasteiger partial charge on any atom is 0.329 e. The van der Waals surface area contributed by atoms with Crippen LogP contribution in [0.25, 0.3) is 0 Å². The molecular weight excluding hydrogens is 373 g/mol. The van der Waals surface area contributed by atoms with E-state index >= 15 is 0 Å². The summed E-state index contributed by atoms with van der Waals surface area (Å²) >= 11 is 0. The van der Waals surface area contributed by atoms with E-state index in [0.717, 1.165) is 0 Å². The number of nitro groups is 1. The quantitative estimate of drug-likeness (QED) is 0.302. The predicted molar refractivity (Wildman–Crippen MR) is 99.0 cm³/mol. The lowest BCUT2D eigenvalue weighted by Gasteiger charge is -2.20. The molecule has 0 aliphatic heterocycles. The second-order valence-corrected chi connectivity index (χ2v) is 7.64. The lowest BCUT2D eigenvalue weighted by Crippen LogP contribution is -2.18. The molecule has 0 fully saturated rings. The molecular formula is C17H18N3O6P. The van der Waals surface area contributed by atoms with Crippen LogP contribution in [0, 0.1) is 21.4 Å². The maximum absolute atomic E-state index is 11.9. The number of anilines is 1. The molecule has 9 nitrogen and oxygen atoms in total. The van der Waals surface area contributed by atoms with Gasteiger partial charge in [-0.25, -0.2) is 0 Å². The molecule has 2 aromatic rings. The van der Waals surface area contributed by atoms with Crippen molar-refractivity contribution in [1.29, 1.82) is 5.26 Å². The molecule has 0 bridgehead atoms. The Bertz CT molecular complexity index is 910. The van der Waals surface area contributed by atoms with Crippen molar-refractivity contribution in [3.63, 3.8) is 0 Å². The first-order chi connectivity index (χ1) is 12.7. The molecule has 10 heteroatoms. The van der Waals surface area contributed by atoms with Gasteiger partial charge < -0.3 is 14.6 Å². The van der Waals surface area contributed by atoms with Crippen molar-refractivity contribution in [1.82, 2.24) is 0 Å². The molecule has 2 unspecified atom stereocenters. The Kier molecular flexibility index (Phi) is 6.53. The summed E-state index contributed by atoms with van der Waals surface area (Å²) < 4.78 is 27.6. The maximum atomic E-state index is 11.9. The summed E-state index contributed by atoms with van der Waals surface area (Å²) in [7, 11) is -2.02. The van der Waals surface area contributed by atoms with Gasteiger partial charge in [-0.1, -0.05) is 0 Å². The molecule has 0 aliphatic carbocycles. The van der Waals surface area contributed by atoms with E-state index in [-0.39, 0.29) is 11.4 Å². The van der Waals surface area contributed by atoms with Crippen molar-refractivity contribution < 1.29 is 23.3 Å². The molecule has 2 aromatic carbocycles. The molecule has 0 saturated carbocycles. The highest BCUT2D eigenvalue weighted by molar-refractivity contribution is 7.52. The molecule has 0 amide bonds. The number of ether oxygens (including phenoxy) is 1. The van der Waals surface area contributed by atoms with Crippen LogP contribution in [0.3, 0.4) is 0 Å². The van der Waals surface area contributed by atoms with Gasteiger partial charge in [-0.05, 0) is 37.3 Å². The number of nitrogens with zero attached hydrogens (tertiary/aromatic N) is 2. The number of nitriles is 1. The second kappa shape index (κ2) is 8.64. The summed E-state index contributed by atoms with van der Waals surface area (Å²) in [6.45, 7) is 2.84. The molecule has 0 aliphatic rings. The number of nitro benzene ring substituents is 1. The first-order valence-corrected chi connectivity index (χ1v) is 9.77. The van der Waals surface area contributed by atoms with Crippen molar-refractivity contribution in [3.05, 3.63) is 58.1 Å². The summed E-state index contributed by atoms with van der Waals surface area (Å²) in [4.78, 5) is 10.7. The first-order valence-electron chi connectivity index (χ1n) is 7.78. The lowest BCUT2D eigenvalue weighted by atomic mass is 10.2. The van der Waals surface area contributed by atoms with E-state index in [1.54, 1.807) is 31.2 Å². The van der Waals surface area contributed by atoms with Gasteiger partial charge in [0.2, 0.25) is 0 Å². The Balaban J connectivity index is 2.23. The van der Waals surface area contributed by atoms with Gasteiger partial charge in [0.1, 0.15) is 23.4 Å². The normalized spacial score (nSPS) is 13.9. The van der Waals surface area contributed by atoms with Crippen molar-refractivity contribution in [3.8, 4) is 17.6 Å². The van der Waals surface area contributed by atoms with Crippen LogP contribution in [-0.4, -0.2) is 24.9 Å². The van der Waals surface area contributed by atoms with Crippen LogP contribution in [0.2, 0.25) is 0 Å². The first kappa shape index (κ1) is 20.4. The van der Waals surface area contributed by atoms with E-state index in [1.807, 2.05) is 6.07 Å². The summed E-state index contributed by atoms with van der Waals surface area (Å²) in [5.41, 5.74) is 0.428. The van der Waals surface area contributed by atoms with Gasteiger partial charge in [0, 0.05) is 25.9 Å². The molecule has 0 saturated heterocycles. The number of hydrogen-bond donors (Lipinski definition) is 1. The van der Waals surface area contributed by atoms with Crippen molar-refractivity contribution in [2.45, 2.75) is 13.2 Å². The Hall–Kier alpha value is -2.92. The SMILES string of the molecule is COP(C)(=O)OC(C)Nc1cc(Oc2ccc(C#N)cc2)ccc1[N+](=O)[O-]. The molecule has 0 heterocycles. The minimum atomic E-state index is -3.27. The van der Waals surface area contributed by atoms with Gasteiger partial charge in [0.25, 0.3) is 5.69 Å². The van der Waals surface area contributed by atoms with Gasteiger partial charge >= 0.3 is 7.60 Å². The average Bonchev–Trinajstić information content (AvgIpc) is 2.61. The Morgan fingerprint density at radius 3 is 2.41 bits per heavy atom. The molecule has 0 spiro atoms. The standard InChI is InChI=1S/C17H18N3O6P/c1-12(26-27(3,23)24-2)19-16-10-15(8-9-17(16)20(21)22)25-14-6-4-13(11-18)5-7-14/h4-10,12,19H,1-3H3. The summed E-state index contributed by atoms with van der Waals surface area (Å²) in [5, 5.41) is 22.9. The van der Waals surface area contributed by atoms with E-state index in [9.17, 15) is 14.7 Å². The minimum Gasteiger partial charge on any atom is -0.457 e. The smallest absolute Gasteiger partial charge is 0.329 e. The summed E-state index contributed by atoms with van der Waals surface area (Å²) in [6, 6.07) is 12.6. The molecule has 2 rings (SSSR count). The van der Waals surface area contributed by atoms with E-state index in [4.69, 9.17) is 19.0 Å². The zero-order valence-electron chi connectivity index (χ0n) is 14.9. The molecule has 0 radical (unpaired) electrons. The average molecular weight is 391 g/mol. The van der Waals surface area contributed by atoms with Crippen molar-refractivity contribution >= 4 is 19.0 Å². The molecule has 2 atom stereocenters. The fraction of sp³-hybridized carbons (Fsp3) is 0.235. The monoisotopic (exact) mass is 391 g/mol. The van der Waals surface area contributed by atoms with Gasteiger partial charge in [-0.2, -0.15) is 5.26 Å². The highest BCUT2D eigenvalue weighted by atomic mass is 31.2. The molecule has 0 aromatic heterocycles. The zero-order valence-corrected chi connectivity index (χ0v) is 15.8. The van der Waals surface area contributed by atoms with Crippen LogP contribution < -0.4 is 10.1 Å². The van der Waals surface area contributed by atoms with Crippen molar-refractivity contribution in [2.24, 2.45) is 0 Å². The van der Waals surface area contributed by atoms with E-state index in [1.165, 1.54) is 32.0 Å². The fourth-order valence-electron chi connectivity index (χ4n) is 2.16. The van der Waals surface area contributed by atoms with Crippen LogP contribution >= 0.6 is 7.60 Å². The van der Waals surface area contributed by atoms with Crippen LogP contribution in [0.15, 0.2) is 42.5 Å². The predicted octanol–water partition coefficient (Wildman–Crippen LogP) is 4.50. The fourth-order valence-corrected chi connectivity index (χ4v) is 2.88. The zero-order chi connectivity index (χ0) is 20.0. The largest absolute Gasteiger partial charge is 0.457 e. The Morgan fingerprint density at radius 2 is 1.85 bits per heavy atom. The van der Waals surface area contributed by atoms with Crippen LogP contribution in [0.1, 0.15) is 12.5 Å². The van der Waals surface area contributed by atoms with Gasteiger partial charge in [0.05, 0.1) is 16.6 Å². The summed E-state index contributed by atoms with van der Waals surface area (Å²) in [5.74, 6) is 0.807. The van der Waals surface area contributed by atoms with E-state index in [2.05, 4.69) is 5.32 Å². The molecule has 142 valence electrons. The second-order valence-electron chi connectivity index (χ2n) is 5.52. The number of nitrogens with one attached hydrogen (secondary N) is 1. The molecule has 27 heavy (non-hydrogen) atoms. The van der Waals surface area contributed by atoms with Crippen LogP contribution in [0.4, 0.5) is 11.4 Å². The lowest BCUT2D eigenvalue weighted by molar-refractivity contribution is -0.384. The highest BCUT2D eigenvalue weighted by Gasteiger charge is 2.22. The van der Waals surface area contributed by atoms with Gasteiger partial charge in [-0.15, -0.1) is 0 Å². The van der Waals surface area contributed by atoms with Crippen LogP contribution in [0.5, 0.6) is 11.5 Å². The van der Waals surface area contributed by atoms with Gasteiger partial charge in [-0.3, -0.25) is 19.2 Å². The summed E-state index contributed by atoms with van der Waals surface area (Å²) in [6.07, 6.45) is -0.815. The number of benzene rings is 2. The highest BCUT2D eigenvalue weighted by Crippen LogP contribution is 2.44. The van der Waals surface area contributed by atoms with E-state index < -0.39 is 18.7 Å². The third kappa shape index (κ3) is 5.79.